The van der Waals surface area contributed by atoms with E-state index in [1.54, 1.807) is 6.20 Å². The predicted molar refractivity (Wildman–Crippen MR) is 111 cm³/mol. The molecular weight excluding hydrogens is 364 g/mol. The lowest BCUT2D eigenvalue weighted by molar-refractivity contribution is 0.0593. The van der Waals surface area contributed by atoms with E-state index in [1.807, 2.05) is 64.6 Å². The van der Waals surface area contributed by atoms with Gasteiger partial charge in [0.1, 0.15) is 5.69 Å². The van der Waals surface area contributed by atoms with Crippen LogP contribution in [-0.2, 0) is 13.1 Å². The van der Waals surface area contributed by atoms with Crippen molar-refractivity contribution in [2.24, 2.45) is 0 Å². The van der Waals surface area contributed by atoms with Crippen LogP contribution in [0.25, 0.3) is 11.3 Å². The number of aromatic nitrogens is 5. The first-order valence-corrected chi connectivity index (χ1v) is 10.5. The fourth-order valence-electron chi connectivity index (χ4n) is 4.13. The number of carbonyl (C=O) groups is 1. The second-order valence-corrected chi connectivity index (χ2v) is 7.63. The molecular formula is C22H28N6O. The van der Waals surface area contributed by atoms with E-state index in [0.717, 1.165) is 67.8 Å². The SMILES string of the molecule is CCn1ncc(C(=O)N2CCCCC2CCn2cc(-c3ccccc3)nn2)c1C. The summed E-state index contributed by atoms with van der Waals surface area (Å²) >= 11 is 0. The Bertz CT molecular complexity index is 961. The second-order valence-electron chi connectivity index (χ2n) is 7.63. The van der Waals surface area contributed by atoms with Gasteiger partial charge in [-0.15, -0.1) is 5.10 Å². The number of amides is 1. The summed E-state index contributed by atoms with van der Waals surface area (Å²) in [7, 11) is 0. The van der Waals surface area contributed by atoms with E-state index < -0.39 is 0 Å². The minimum atomic E-state index is 0.107. The normalized spacial score (nSPS) is 16.9. The van der Waals surface area contributed by atoms with Crippen LogP contribution >= 0.6 is 0 Å². The van der Waals surface area contributed by atoms with E-state index >= 15 is 0 Å². The molecule has 7 heteroatoms. The van der Waals surface area contributed by atoms with E-state index in [2.05, 4.69) is 15.4 Å². The number of rotatable bonds is 6. The van der Waals surface area contributed by atoms with E-state index in [1.165, 1.54) is 0 Å². The van der Waals surface area contributed by atoms with Gasteiger partial charge in [-0.25, -0.2) is 0 Å². The Kier molecular flexibility index (Phi) is 5.74. The first kappa shape index (κ1) is 19.4. The van der Waals surface area contributed by atoms with Gasteiger partial charge in [-0.1, -0.05) is 35.5 Å². The van der Waals surface area contributed by atoms with Crippen LogP contribution in [0.5, 0.6) is 0 Å². The summed E-state index contributed by atoms with van der Waals surface area (Å²) in [6.07, 6.45) is 7.84. The maximum absolute atomic E-state index is 13.2. The molecule has 1 saturated heterocycles. The average Bonchev–Trinajstić information content (AvgIpc) is 3.39. The lowest BCUT2D eigenvalue weighted by atomic mass is 9.98. The van der Waals surface area contributed by atoms with Gasteiger partial charge in [0.25, 0.3) is 5.91 Å². The molecule has 1 aromatic carbocycles. The Hall–Kier alpha value is -2.96. The number of hydrogen-bond donors (Lipinski definition) is 0. The first-order chi connectivity index (χ1) is 14.2. The third kappa shape index (κ3) is 4.09. The van der Waals surface area contributed by atoms with Crippen LogP contribution in [0, 0.1) is 6.92 Å². The molecule has 7 nitrogen and oxygen atoms in total. The number of piperidine rings is 1. The standard InChI is InChI=1S/C22H28N6O/c1-3-28-17(2)20(15-23-28)22(29)27-13-8-7-11-19(27)12-14-26-16-21(24-25-26)18-9-5-4-6-10-18/h4-6,9-10,15-16,19H,3,7-8,11-14H2,1-2H3. The molecule has 1 fully saturated rings. The Morgan fingerprint density at radius 2 is 2.03 bits per heavy atom. The molecule has 29 heavy (non-hydrogen) atoms. The monoisotopic (exact) mass is 392 g/mol. The van der Waals surface area contributed by atoms with Gasteiger partial charge < -0.3 is 4.90 Å². The molecule has 152 valence electrons. The topological polar surface area (TPSA) is 68.8 Å². The zero-order valence-corrected chi connectivity index (χ0v) is 17.2. The Balaban J connectivity index is 1.44. The highest BCUT2D eigenvalue weighted by Gasteiger charge is 2.29. The highest BCUT2D eigenvalue weighted by Crippen LogP contribution is 2.24. The molecule has 2 aromatic heterocycles. The highest BCUT2D eigenvalue weighted by molar-refractivity contribution is 5.95. The second kappa shape index (κ2) is 8.59. The van der Waals surface area contributed by atoms with Crippen LogP contribution in [0.4, 0.5) is 0 Å². The molecule has 1 aliphatic rings. The van der Waals surface area contributed by atoms with Crippen molar-refractivity contribution in [2.75, 3.05) is 6.54 Å². The van der Waals surface area contributed by atoms with Crippen molar-refractivity contribution in [1.29, 1.82) is 0 Å². The maximum atomic E-state index is 13.2. The number of aryl methyl sites for hydroxylation is 2. The summed E-state index contributed by atoms with van der Waals surface area (Å²) < 4.78 is 3.77. The Morgan fingerprint density at radius 3 is 2.79 bits per heavy atom. The van der Waals surface area contributed by atoms with Crippen molar-refractivity contribution in [3.8, 4) is 11.3 Å². The molecule has 0 N–H and O–H groups in total. The summed E-state index contributed by atoms with van der Waals surface area (Å²) in [5.41, 5.74) is 3.62. The summed E-state index contributed by atoms with van der Waals surface area (Å²) in [5, 5.41) is 12.9. The molecule has 0 aliphatic carbocycles. The zero-order chi connectivity index (χ0) is 20.2. The molecule has 1 aliphatic heterocycles. The van der Waals surface area contributed by atoms with Gasteiger partial charge in [0.2, 0.25) is 0 Å². The number of nitrogens with zero attached hydrogens (tertiary/aromatic N) is 6. The van der Waals surface area contributed by atoms with Gasteiger partial charge in [-0.2, -0.15) is 5.10 Å². The smallest absolute Gasteiger partial charge is 0.257 e. The van der Waals surface area contributed by atoms with Crippen LogP contribution in [0.1, 0.15) is 48.7 Å². The molecule has 1 amide bonds. The maximum Gasteiger partial charge on any atom is 0.257 e. The van der Waals surface area contributed by atoms with Gasteiger partial charge in [-0.05, 0) is 39.5 Å². The molecule has 1 unspecified atom stereocenters. The van der Waals surface area contributed by atoms with Crippen molar-refractivity contribution in [3.05, 3.63) is 54.0 Å². The van der Waals surface area contributed by atoms with Crippen LogP contribution in [0.15, 0.2) is 42.7 Å². The summed E-state index contributed by atoms with van der Waals surface area (Å²) in [4.78, 5) is 15.2. The van der Waals surface area contributed by atoms with Crippen LogP contribution < -0.4 is 0 Å². The third-order valence-corrected chi connectivity index (χ3v) is 5.82. The minimum absolute atomic E-state index is 0.107. The molecule has 4 rings (SSSR count). The number of carbonyl (C=O) groups excluding carboxylic acids is 1. The van der Waals surface area contributed by atoms with E-state index in [9.17, 15) is 4.79 Å². The van der Waals surface area contributed by atoms with E-state index in [0.29, 0.717) is 0 Å². The van der Waals surface area contributed by atoms with E-state index in [-0.39, 0.29) is 11.9 Å². The largest absolute Gasteiger partial charge is 0.335 e. The number of benzene rings is 1. The Labute approximate surface area is 171 Å². The van der Waals surface area contributed by atoms with Gasteiger partial charge in [-0.3, -0.25) is 14.2 Å². The van der Waals surface area contributed by atoms with Gasteiger partial charge in [0.15, 0.2) is 0 Å². The minimum Gasteiger partial charge on any atom is -0.335 e. The molecule has 3 aromatic rings. The zero-order valence-electron chi connectivity index (χ0n) is 17.2. The average molecular weight is 393 g/mol. The van der Waals surface area contributed by atoms with Crippen molar-refractivity contribution >= 4 is 5.91 Å². The van der Waals surface area contributed by atoms with Crippen molar-refractivity contribution < 1.29 is 4.79 Å². The molecule has 0 spiro atoms. The first-order valence-electron chi connectivity index (χ1n) is 10.5. The quantitative estimate of drug-likeness (QED) is 0.643. The fraction of sp³-hybridized carbons (Fsp3) is 0.455. The number of likely N-dealkylation sites (tertiary alicyclic amines) is 1. The fourth-order valence-corrected chi connectivity index (χ4v) is 4.13. The lowest BCUT2D eigenvalue weighted by Gasteiger charge is -2.35. The summed E-state index contributed by atoms with van der Waals surface area (Å²) in [5.74, 6) is 0.107. The van der Waals surface area contributed by atoms with Crippen molar-refractivity contribution in [1.82, 2.24) is 29.7 Å². The number of hydrogen-bond acceptors (Lipinski definition) is 4. The molecule has 1 atom stereocenters. The molecule has 0 bridgehead atoms. The van der Waals surface area contributed by atoms with Crippen molar-refractivity contribution in [2.45, 2.75) is 58.7 Å². The van der Waals surface area contributed by atoms with Gasteiger partial charge in [0, 0.05) is 36.9 Å². The van der Waals surface area contributed by atoms with Crippen LogP contribution in [-0.4, -0.2) is 48.2 Å². The van der Waals surface area contributed by atoms with E-state index in [4.69, 9.17) is 0 Å². The summed E-state index contributed by atoms with van der Waals surface area (Å²) in [6.45, 7) is 6.36. The van der Waals surface area contributed by atoms with Gasteiger partial charge in [0.05, 0.1) is 18.0 Å². The predicted octanol–water partition coefficient (Wildman–Crippen LogP) is 3.55. The molecule has 3 heterocycles. The van der Waals surface area contributed by atoms with Crippen LogP contribution in [0.3, 0.4) is 0 Å². The van der Waals surface area contributed by atoms with Crippen LogP contribution in [0.2, 0.25) is 0 Å². The molecule has 0 saturated carbocycles. The molecule has 0 radical (unpaired) electrons. The Morgan fingerprint density at radius 1 is 1.21 bits per heavy atom. The van der Waals surface area contributed by atoms with Gasteiger partial charge >= 0.3 is 0 Å². The highest BCUT2D eigenvalue weighted by atomic mass is 16.2. The van der Waals surface area contributed by atoms with Crippen molar-refractivity contribution in [3.63, 3.8) is 0 Å². The lowest BCUT2D eigenvalue weighted by Crippen LogP contribution is -2.44. The third-order valence-electron chi connectivity index (χ3n) is 5.82. The summed E-state index contributed by atoms with van der Waals surface area (Å²) in [6, 6.07) is 10.3.